The molecule has 2 aromatic rings. The van der Waals surface area contributed by atoms with E-state index in [0.717, 1.165) is 11.1 Å². The molecule has 0 radical (unpaired) electrons. The first-order valence-electron chi connectivity index (χ1n) is 6.45. The molecule has 0 bridgehead atoms. The van der Waals surface area contributed by atoms with E-state index >= 15 is 0 Å². The summed E-state index contributed by atoms with van der Waals surface area (Å²) in [6, 6.07) is 7.97. The average molecular weight is 256 g/mol. The van der Waals surface area contributed by atoms with Gasteiger partial charge in [0.1, 0.15) is 6.10 Å². The number of aliphatic hydroxyl groups is 1. The first-order chi connectivity index (χ1) is 8.88. The van der Waals surface area contributed by atoms with Crippen molar-refractivity contribution in [3.63, 3.8) is 0 Å². The number of aryl methyl sites for hydroxylation is 1. The summed E-state index contributed by atoms with van der Waals surface area (Å²) in [6.45, 7) is 8.43. The number of benzene rings is 1. The van der Waals surface area contributed by atoms with Gasteiger partial charge in [0.15, 0.2) is 5.82 Å². The maximum absolute atomic E-state index is 10.3. The highest BCUT2D eigenvalue weighted by Crippen LogP contribution is 2.25. The molecule has 1 unspecified atom stereocenters. The van der Waals surface area contributed by atoms with Crippen molar-refractivity contribution in [2.75, 3.05) is 0 Å². The van der Waals surface area contributed by atoms with Crippen LogP contribution >= 0.6 is 0 Å². The van der Waals surface area contributed by atoms with Gasteiger partial charge in [0.2, 0.25) is 0 Å². The molecular formula is C16H20N2O. The number of hydrogen-bond acceptors (Lipinski definition) is 3. The van der Waals surface area contributed by atoms with Crippen LogP contribution in [0.3, 0.4) is 0 Å². The molecule has 3 nitrogen and oxygen atoms in total. The van der Waals surface area contributed by atoms with E-state index in [1.54, 1.807) is 12.4 Å². The Balaban J connectivity index is 2.25. The lowest BCUT2D eigenvalue weighted by atomic mass is 9.86. The second-order valence-corrected chi connectivity index (χ2v) is 5.89. The zero-order chi connectivity index (χ0) is 14.0. The SMILES string of the molecule is Cc1cnc(C(O)c2ccc(C(C)(C)C)cc2)nc1. The van der Waals surface area contributed by atoms with Crippen molar-refractivity contribution in [3.8, 4) is 0 Å². The highest BCUT2D eigenvalue weighted by Gasteiger charge is 2.16. The van der Waals surface area contributed by atoms with E-state index in [-0.39, 0.29) is 5.41 Å². The molecule has 0 spiro atoms. The average Bonchev–Trinajstić information content (AvgIpc) is 2.38. The highest BCUT2D eigenvalue weighted by atomic mass is 16.3. The molecule has 1 aromatic heterocycles. The minimum atomic E-state index is -0.769. The van der Waals surface area contributed by atoms with Gasteiger partial charge in [-0.05, 0) is 29.0 Å². The van der Waals surface area contributed by atoms with Gasteiger partial charge in [0.05, 0.1) is 0 Å². The monoisotopic (exact) mass is 256 g/mol. The molecule has 0 saturated carbocycles. The maximum atomic E-state index is 10.3. The standard InChI is InChI=1S/C16H20N2O/c1-11-9-17-15(18-10-11)14(19)12-5-7-13(8-6-12)16(2,3)4/h5-10,14,19H,1-4H3. The fourth-order valence-corrected chi connectivity index (χ4v) is 1.86. The molecule has 1 heterocycles. The van der Waals surface area contributed by atoms with Gasteiger partial charge >= 0.3 is 0 Å². The largest absolute Gasteiger partial charge is 0.380 e. The Labute approximate surface area is 114 Å². The maximum Gasteiger partial charge on any atom is 0.161 e. The van der Waals surface area contributed by atoms with Crippen molar-refractivity contribution in [1.29, 1.82) is 0 Å². The molecule has 1 N–H and O–H groups in total. The van der Waals surface area contributed by atoms with Gasteiger partial charge < -0.3 is 5.11 Å². The van der Waals surface area contributed by atoms with Crippen molar-refractivity contribution in [3.05, 3.63) is 59.2 Å². The van der Waals surface area contributed by atoms with E-state index < -0.39 is 6.10 Å². The van der Waals surface area contributed by atoms with Gasteiger partial charge in [-0.1, -0.05) is 45.0 Å². The molecule has 19 heavy (non-hydrogen) atoms. The first-order valence-corrected chi connectivity index (χ1v) is 6.45. The molecule has 1 aromatic carbocycles. The van der Waals surface area contributed by atoms with Crippen molar-refractivity contribution in [2.24, 2.45) is 0 Å². The molecule has 0 amide bonds. The van der Waals surface area contributed by atoms with Crippen molar-refractivity contribution in [2.45, 2.75) is 39.2 Å². The second-order valence-electron chi connectivity index (χ2n) is 5.89. The Morgan fingerprint density at radius 3 is 2.00 bits per heavy atom. The van der Waals surface area contributed by atoms with Crippen LogP contribution in [0.5, 0.6) is 0 Å². The quantitative estimate of drug-likeness (QED) is 0.897. The van der Waals surface area contributed by atoms with Crippen LogP contribution in [0.4, 0.5) is 0 Å². The van der Waals surface area contributed by atoms with Crippen molar-refractivity contribution in [1.82, 2.24) is 9.97 Å². The van der Waals surface area contributed by atoms with Crippen LogP contribution in [0.2, 0.25) is 0 Å². The third kappa shape index (κ3) is 3.18. The van der Waals surface area contributed by atoms with Gasteiger partial charge in [-0.25, -0.2) is 9.97 Å². The van der Waals surface area contributed by atoms with E-state index in [9.17, 15) is 5.11 Å². The minimum Gasteiger partial charge on any atom is -0.380 e. The topological polar surface area (TPSA) is 46.0 Å². The van der Waals surface area contributed by atoms with Crippen molar-refractivity contribution >= 4 is 0 Å². The summed E-state index contributed by atoms with van der Waals surface area (Å²) in [5.74, 6) is 0.439. The van der Waals surface area contributed by atoms with Crippen LogP contribution in [0.25, 0.3) is 0 Å². The summed E-state index contributed by atoms with van der Waals surface area (Å²) in [7, 11) is 0. The van der Waals surface area contributed by atoms with Crippen LogP contribution in [0.15, 0.2) is 36.7 Å². The third-order valence-corrected chi connectivity index (χ3v) is 3.14. The van der Waals surface area contributed by atoms with E-state index in [2.05, 4.69) is 30.7 Å². The van der Waals surface area contributed by atoms with E-state index in [4.69, 9.17) is 0 Å². The zero-order valence-corrected chi connectivity index (χ0v) is 11.9. The molecule has 0 saturated heterocycles. The summed E-state index contributed by atoms with van der Waals surface area (Å²) in [5, 5.41) is 10.3. The molecule has 100 valence electrons. The Kier molecular flexibility index (Phi) is 3.67. The van der Waals surface area contributed by atoms with Crippen molar-refractivity contribution < 1.29 is 5.11 Å². The summed E-state index contributed by atoms with van der Waals surface area (Å²) in [6.07, 6.45) is 2.67. The van der Waals surface area contributed by atoms with Gasteiger partial charge in [-0.3, -0.25) is 0 Å². The molecule has 0 fully saturated rings. The second kappa shape index (κ2) is 5.10. The minimum absolute atomic E-state index is 0.115. The van der Waals surface area contributed by atoms with E-state index in [1.807, 2.05) is 31.2 Å². The molecular weight excluding hydrogens is 236 g/mol. The Morgan fingerprint density at radius 1 is 1.00 bits per heavy atom. The van der Waals surface area contributed by atoms with Crippen LogP contribution in [-0.2, 0) is 5.41 Å². The highest BCUT2D eigenvalue weighted by molar-refractivity contribution is 5.30. The lowest BCUT2D eigenvalue weighted by Crippen LogP contribution is -2.11. The van der Waals surface area contributed by atoms with Crippen LogP contribution in [0, 0.1) is 6.92 Å². The van der Waals surface area contributed by atoms with Gasteiger partial charge in [0.25, 0.3) is 0 Å². The summed E-state index contributed by atoms with van der Waals surface area (Å²) in [5.41, 5.74) is 3.16. The Hall–Kier alpha value is -1.74. The molecule has 2 rings (SSSR count). The summed E-state index contributed by atoms with van der Waals surface area (Å²) < 4.78 is 0. The summed E-state index contributed by atoms with van der Waals surface area (Å²) in [4.78, 5) is 8.33. The molecule has 0 aliphatic heterocycles. The predicted molar refractivity (Wildman–Crippen MR) is 76.0 cm³/mol. The van der Waals surface area contributed by atoms with E-state index in [0.29, 0.717) is 5.82 Å². The Morgan fingerprint density at radius 2 is 1.53 bits per heavy atom. The van der Waals surface area contributed by atoms with Crippen LogP contribution in [-0.4, -0.2) is 15.1 Å². The van der Waals surface area contributed by atoms with Gasteiger partial charge in [-0.15, -0.1) is 0 Å². The predicted octanol–water partition coefficient (Wildman–Crippen LogP) is 3.16. The number of rotatable bonds is 2. The molecule has 1 atom stereocenters. The van der Waals surface area contributed by atoms with Crippen LogP contribution < -0.4 is 0 Å². The van der Waals surface area contributed by atoms with Gasteiger partial charge in [-0.2, -0.15) is 0 Å². The number of hydrogen-bond donors (Lipinski definition) is 1. The van der Waals surface area contributed by atoms with E-state index in [1.165, 1.54) is 5.56 Å². The smallest absolute Gasteiger partial charge is 0.161 e. The number of aromatic nitrogens is 2. The molecule has 0 aliphatic rings. The number of nitrogens with zero attached hydrogens (tertiary/aromatic N) is 2. The fourth-order valence-electron chi connectivity index (χ4n) is 1.86. The zero-order valence-electron chi connectivity index (χ0n) is 11.9. The number of aliphatic hydroxyl groups excluding tert-OH is 1. The first kappa shape index (κ1) is 13.7. The normalized spacial score (nSPS) is 13.3. The van der Waals surface area contributed by atoms with Crippen LogP contribution in [0.1, 0.15) is 49.4 Å². The molecule has 0 aliphatic carbocycles. The lowest BCUT2D eigenvalue weighted by Gasteiger charge is -2.19. The Bertz CT molecular complexity index is 538. The van der Waals surface area contributed by atoms with Gasteiger partial charge in [0, 0.05) is 12.4 Å². The summed E-state index contributed by atoms with van der Waals surface area (Å²) >= 11 is 0. The fraction of sp³-hybridized carbons (Fsp3) is 0.375. The lowest BCUT2D eigenvalue weighted by molar-refractivity contribution is 0.209. The molecule has 3 heteroatoms. The third-order valence-electron chi connectivity index (χ3n) is 3.14.